The lowest BCUT2D eigenvalue weighted by Crippen LogP contribution is -2.24. The molecule has 3 aliphatic rings. The van der Waals surface area contributed by atoms with Gasteiger partial charge in [0.1, 0.15) is 18.2 Å². The Bertz CT molecular complexity index is 786. The SMILES string of the molecule is C1=CC2=C3C=NC1=NCCNCCOc1cccc(c1)C(=CN2)C3. The number of nitrogens with one attached hydrogen (secondary N) is 2. The smallest absolute Gasteiger partial charge is 0.147 e. The Morgan fingerprint density at radius 1 is 1.12 bits per heavy atom. The fourth-order valence-electron chi connectivity index (χ4n) is 2.90. The van der Waals surface area contributed by atoms with Crippen molar-refractivity contribution >= 4 is 17.6 Å². The molecule has 0 radical (unpaired) electrons. The Morgan fingerprint density at radius 2 is 2.12 bits per heavy atom. The van der Waals surface area contributed by atoms with Crippen LogP contribution < -0.4 is 15.4 Å². The van der Waals surface area contributed by atoms with Crippen LogP contribution in [0.2, 0.25) is 0 Å². The minimum absolute atomic E-state index is 0.644. The van der Waals surface area contributed by atoms with Crippen molar-refractivity contribution in [1.82, 2.24) is 10.6 Å². The van der Waals surface area contributed by atoms with Gasteiger partial charge >= 0.3 is 0 Å². The van der Waals surface area contributed by atoms with E-state index in [0.717, 1.165) is 36.8 Å². The van der Waals surface area contributed by atoms with Crippen molar-refractivity contribution in [2.24, 2.45) is 9.98 Å². The summed E-state index contributed by atoms with van der Waals surface area (Å²) in [5.41, 5.74) is 4.65. The molecule has 0 fully saturated rings. The molecule has 4 rings (SSSR count). The van der Waals surface area contributed by atoms with E-state index < -0.39 is 0 Å². The summed E-state index contributed by atoms with van der Waals surface area (Å²) in [6.45, 7) is 2.96. The average Bonchev–Trinajstić information content (AvgIpc) is 2.82. The lowest BCUT2D eigenvalue weighted by atomic mass is 9.95. The summed E-state index contributed by atoms with van der Waals surface area (Å²) in [4.78, 5) is 9.06. The summed E-state index contributed by atoms with van der Waals surface area (Å²) in [5.74, 6) is 1.66. The van der Waals surface area contributed by atoms with E-state index in [0.29, 0.717) is 13.2 Å². The molecule has 3 heterocycles. The molecular weight excluding hydrogens is 300 g/mol. The summed E-state index contributed by atoms with van der Waals surface area (Å²) in [7, 11) is 0. The molecule has 3 aliphatic heterocycles. The number of amidine groups is 1. The highest BCUT2D eigenvalue weighted by molar-refractivity contribution is 6.04. The van der Waals surface area contributed by atoms with Crippen LogP contribution in [0.25, 0.3) is 5.57 Å². The number of rotatable bonds is 0. The maximum absolute atomic E-state index is 5.84. The van der Waals surface area contributed by atoms with Gasteiger partial charge in [-0.3, -0.25) is 4.99 Å². The summed E-state index contributed by atoms with van der Waals surface area (Å²) < 4.78 is 5.84. The number of hydrogen-bond donors (Lipinski definition) is 2. The van der Waals surface area contributed by atoms with Crippen LogP contribution in [0.5, 0.6) is 5.75 Å². The molecule has 1 aromatic carbocycles. The lowest BCUT2D eigenvalue weighted by molar-refractivity contribution is 0.315. The fraction of sp³-hybridized carbons (Fsp3) is 0.263. The molecule has 0 spiro atoms. The van der Waals surface area contributed by atoms with Gasteiger partial charge in [0.05, 0.1) is 6.54 Å². The van der Waals surface area contributed by atoms with E-state index in [9.17, 15) is 0 Å². The third kappa shape index (κ3) is 3.31. The molecule has 0 aromatic heterocycles. The van der Waals surface area contributed by atoms with E-state index in [-0.39, 0.29) is 0 Å². The summed E-state index contributed by atoms with van der Waals surface area (Å²) in [6.07, 6.45) is 8.85. The van der Waals surface area contributed by atoms with Gasteiger partial charge in [-0.2, -0.15) is 0 Å². The maximum Gasteiger partial charge on any atom is 0.147 e. The van der Waals surface area contributed by atoms with Crippen LogP contribution in [-0.4, -0.2) is 38.3 Å². The minimum atomic E-state index is 0.644. The predicted molar refractivity (Wildman–Crippen MR) is 97.5 cm³/mol. The summed E-state index contributed by atoms with van der Waals surface area (Å²) in [6, 6.07) is 8.25. The van der Waals surface area contributed by atoms with Crippen molar-refractivity contribution in [3.05, 3.63) is 59.5 Å². The molecule has 5 nitrogen and oxygen atoms in total. The van der Waals surface area contributed by atoms with Gasteiger partial charge < -0.3 is 15.4 Å². The molecule has 0 saturated carbocycles. The van der Waals surface area contributed by atoms with Crippen molar-refractivity contribution < 1.29 is 4.74 Å². The number of benzene rings is 1. The zero-order valence-corrected chi connectivity index (χ0v) is 13.5. The average molecular weight is 320 g/mol. The summed E-state index contributed by atoms with van der Waals surface area (Å²) >= 11 is 0. The summed E-state index contributed by atoms with van der Waals surface area (Å²) in [5, 5.41) is 6.72. The normalized spacial score (nSPS) is 20.2. The van der Waals surface area contributed by atoms with Crippen molar-refractivity contribution in [1.29, 1.82) is 0 Å². The van der Waals surface area contributed by atoms with Gasteiger partial charge in [-0.15, -0.1) is 0 Å². The van der Waals surface area contributed by atoms with Crippen molar-refractivity contribution in [2.45, 2.75) is 6.42 Å². The van der Waals surface area contributed by atoms with E-state index in [1.54, 1.807) is 0 Å². The van der Waals surface area contributed by atoms with E-state index in [2.05, 4.69) is 45.0 Å². The highest BCUT2D eigenvalue weighted by atomic mass is 16.5. The van der Waals surface area contributed by atoms with Gasteiger partial charge in [0.25, 0.3) is 0 Å². The fourth-order valence-corrected chi connectivity index (χ4v) is 2.90. The van der Waals surface area contributed by atoms with Crippen LogP contribution in [0.4, 0.5) is 0 Å². The van der Waals surface area contributed by atoms with Crippen LogP contribution >= 0.6 is 0 Å². The zero-order chi connectivity index (χ0) is 16.2. The van der Waals surface area contributed by atoms with Gasteiger partial charge in [0, 0.05) is 37.6 Å². The monoisotopic (exact) mass is 320 g/mol. The largest absolute Gasteiger partial charge is 0.492 e. The topological polar surface area (TPSA) is 58.0 Å². The molecule has 122 valence electrons. The Labute approximate surface area is 141 Å². The number of allylic oxidation sites excluding steroid dienone is 3. The van der Waals surface area contributed by atoms with Crippen LogP contribution in [0.1, 0.15) is 12.0 Å². The van der Waals surface area contributed by atoms with Crippen LogP contribution in [-0.2, 0) is 0 Å². The predicted octanol–water partition coefficient (Wildman–Crippen LogP) is 2.30. The molecule has 0 aliphatic carbocycles. The van der Waals surface area contributed by atoms with Gasteiger partial charge in [-0.1, -0.05) is 12.1 Å². The van der Waals surface area contributed by atoms with Gasteiger partial charge in [-0.05, 0) is 41.0 Å². The van der Waals surface area contributed by atoms with E-state index in [4.69, 9.17) is 4.74 Å². The molecule has 24 heavy (non-hydrogen) atoms. The first-order valence-electron chi connectivity index (χ1n) is 8.28. The Morgan fingerprint density at radius 3 is 3.12 bits per heavy atom. The molecule has 0 amide bonds. The molecule has 0 atom stereocenters. The van der Waals surface area contributed by atoms with Crippen molar-refractivity contribution in [2.75, 3.05) is 26.2 Å². The first-order chi connectivity index (χ1) is 11.9. The molecule has 0 saturated heterocycles. The molecule has 5 heteroatoms. The molecule has 2 N–H and O–H groups in total. The lowest BCUT2D eigenvalue weighted by Gasteiger charge is -2.18. The first kappa shape index (κ1) is 14.9. The molecule has 5 bridgehead atoms. The molecule has 1 aromatic rings. The highest BCUT2D eigenvalue weighted by Gasteiger charge is 2.15. The van der Waals surface area contributed by atoms with Gasteiger partial charge in [-0.25, -0.2) is 4.99 Å². The van der Waals surface area contributed by atoms with Crippen LogP contribution in [0, 0.1) is 0 Å². The zero-order valence-electron chi connectivity index (χ0n) is 13.5. The van der Waals surface area contributed by atoms with Gasteiger partial charge in [0.15, 0.2) is 0 Å². The van der Waals surface area contributed by atoms with Crippen LogP contribution in [0.3, 0.4) is 0 Å². The number of hydrogen-bond acceptors (Lipinski definition) is 5. The second kappa shape index (κ2) is 6.84. The standard InChI is InChI=1S/C19H20N4O/c1-2-14-11-17(3-1)24-9-8-20-6-7-21-19-5-4-18-16(13-23-19)10-15(14)12-22-18/h1-5,11-13,20,22H,6-10H2. The Hall–Kier alpha value is -2.66. The second-order valence-corrected chi connectivity index (χ2v) is 5.89. The van der Waals surface area contributed by atoms with E-state index in [1.165, 1.54) is 16.7 Å². The van der Waals surface area contributed by atoms with Crippen molar-refractivity contribution in [3.8, 4) is 5.75 Å². The number of aliphatic imine (C=N–C) groups is 2. The molecular formula is C19H20N4O. The number of nitrogens with zero attached hydrogens (tertiary/aromatic N) is 2. The maximum atomic E-state index is 5.84. The minimum Gasteiger partial charge on any atom is -0.492 e. The quantitative estimate of drug-likeness (QED) is 0.771. The second-order valence-electron chi connectivity index (χ2n) is 5.89. The highest BCUT2D eigenvalue weighted by Crippen LogP contribution is 2.29. The number of fused-ring (bicyclic) bond motifs is 5. The van der Waals surface area contributed by atoms with E-state index >= 15 is 0 Å². The van der Waals surface area contributed by atoms with E-state index in [1.807, 2.05) is 24.4 Å². The Kier molecular flexibility index (Phi) is 4.25. The number of ether oxygens (including phenoxy) is 1. The third-order valence-corrected chi connectivity index (χ3v) is 4.20. The first-order valence-corrected chi connectivity index (χ1v) is 8.28. The van der Waals surface area contributed by atoms with Crippen LogP contribution in [0.15, 0.2) is 63.9 Å². The molecule has 0 unspecified atom stereocenters. The third-order valence-electron chi connectivity index (χ3n) is 4.20. The van der Waals surface area contributed by atoms with Crippen molar-refractivity contribution in [3.63, 3.8) is 0 Å². The number of dihydropyridines is 1. The van der Waals surface area contributed by atoms with Gasteiger partial charge in [0.2, 0.25) is 0 Å². The Balaban J connectivity index is 1.67.